The Morgan fingerprint density at radius 3 is 2.65 bits per heavy atom. The predicted octanol–water partition coefficient (Wildman–Crippen LogP) is 4.66. The third kappa shape index (κ3) is 5.39. The molecule has 7 nitrogen and oxygen atoms in total. The predicted molar refractivity (Wildman–Crippen MR) is 122 cm³/mol. The van der Waals surface area contributed by atoms with Gasteiger partial charge >= 0.3 is 0 Å². The van der Waals surface area contributed by atoms with Crippen LogP contribution in [0.4, 0.5) is 5.69 Å². The van der Waals surface area contributed by atoms with E-state index in [1.54, 1.807) is 36.4 Å². The Balaban J connectivity index is 1.80. The van der Waals surface area contributed by atoms with Crippen LogP contribution >= 0.6 is 35.0 Å². The van der Waals surface area contributed by atoms with Crippen LogP contribution in [0.1, 0.15) is 11.1 Å². The van der Waals surface area contributed by atoms with Crippen LogP contribution in [0.15, 0.2) is 46.3 Å². The monoisotopic (exact) mass is 474 g/mol. The molecule has 158 valence electrons. The molecule has 2 aromatic carbocycles. The normalized spacial score (nSPS) is 10.4. The number of methoxy groups -OCH3 is 1. The average molecular weight is 475 g/mol. The molecule has 1 heterocycles. The maximum atomic E-state index is 12.4. The van der Waals surface area contributed by atoms with Gasteiger partial charge < -0.3 is 15.0 Å². The molecule has 1 aromatic heterocycles. The maximum Gasteiger partial charge on any atom is 0.270 e. The lowest BCUT2D eigenvalue weighted by Crippen LogP contribution is -2.18. The van der Waals surface area contributed by atoms with E-state index in [4.69, 9.17) is 27.9 Å². The van der Waals surface area contributed by atoms with E-state index < -0.39 is 5.56 Å². The SMILES string of the molecule is COc1cc(Cl)c(C)cc1NC(=O)CSc1nc(-c2ccc(Cl)cc2)c(C#N)c(=O)[nH]1. The van der Waals surface area contributed by atoms with Crippen molar-refractivity contribution in [1.29, 1.82) is 5.26 Å². The number of rotatable bonds is 6. The van der Waals surface area contributed by atoms with E-state index in [9.17, 15) is 14.9 Å². The molecule has 1 amide bonds. The molecule has 0 aliphatic carbocycles. The first-order valence-electron chi connectivity index (χ1n) is 8.89. The molecule has 31 heavy (non-hydrogen) atoms. The topological polar surface area (TPSA) is 108 Å². The third-order valence-electron chi connectivity index (χ3n) is 4.22. The highest BCUT2D eigenvalue weighted by molar-refractivity contribution is 7.99. The molecular weight excluding hydrogens is 459 g/mol. The van der Waals surface area contributed by atoms with Crippen LogP contribution in [0.2, 0.25) is 10.0 Å². The van der Waals surface area contributed by atoms with E-state index in [2.05, 4.69) is 15.3 Å². The van der Waals surface area contributed by atoms with Crippen LogP contribution in [-0.4, -0.2) is 28.7 Å². The number of ether oxygens (including phenoxy) is 1. The number of carbonyl (C=O) groups is 1. The number of amides is 1. The zero-order chi connectivity index (χ0) is 22.5. The number of anilines is 1. The number of hydrogen-bond acceptors (Lipinski definition) is 6. The van der Waals surface area contributed by atoms with Gasteiger partial charge in [-0.15, -0.1) is 0 Å². The summed E-state index contributed by atoms with van der Waals surface area (Å²) in [6.45, 7) is 1.82. The summed E-state index contributed by atoms with van der Waals surface area (Å²) in [5.41, 5.74) is 1.37. The Hall–Kier alpha value is -2.99. The highest BCUT2D eigenvalue weighted by Gasteiger charge is 2.16. The summed E-state index contributed by atoms with van der Waals surface area (Å²) in [6.07, 6.45) is 0. The Kier molecular flexibility index (Phi) is 7.23. The van der Waals surface area contributed by atoms with E-state index in [0.29, 0.717) is 27.0 Å². The quantitative estimate of drug-likeness (QED) is 0.397. The Morgan fingerprint density at radius 2 is 2.00 bits per heavy atom. The number of nitrogens with one attached hydrogen (secondary N) is 2. The summed E-state index contributed by atoms with van der Waals surface area (Å²) in [4.78, 5) is 31.7. The van der Waals surface area contributed by atoms with Crippen molar-refractivity contribution in [1.82, 2.24) is 9.97 Å². The number of carbonyl (C=O) groups excluding carboxylic acids is 1. The molecule has 0 fully saturated rings. The number of nitrogens with zero attached hydrogens (tertiary/aromatic N) is 2. The first-order valence-corrected chi connectivity index (χ1v) is 10.6. The maximum absolute atomic E-state index is 12.4. The fraction of sp³-hybridized carbons (Fsp3) is 0.143. The number of benzene rings is 2. The van der Waals surface area contributed by atoms with Crippen molar-refractivity contribution in [3.63, 3.8) is 0 Å². The molecule has 0 spiro atoms. The zero-order valence-electron chi connectivity index (χ0n) is 16.5. The van der Waals surface area contributed by atoms with Crippen LogP contribution < -0.4 is 15.6 Å². The second kappa shape index (κ2) is 9.88. The third-order valence-corrected chi connectivity index (χ3v) is 5.75. The number of aromatic nitrogens is 2. The molecule has 0 aliphatic rings. The lowest BCUT2D eigenvalue weighted by atomic mass is 10.1. The molecule has 3 rings (SSSR count). The Bertz CT molecular complexity index is 1240. The molecule has 0 unspecified atom stereocenters. The Labute approximate surface area is 192 Å². The summed E-state index contributed by atoms with van der Waals surface area (Å²) < 4.78 is 5.25. The van der Waals surface area contributed by atoms with Gasteiger partial charge in [0, 0.05) is 21.7 Å². The standard InChI is InChI=1S/C21H16Cl2N4O3S/c1-11-7-16(17(30-2)8-15(11)23)25-18(28)10-31-21-26-19(14(9-24)20(29)27-21)12-3-5-13(22)6-4-12/h3-8H,10H2,1-2H3,(H,25,28)(H,26,27,29). The van der Waals surface area contributed by atoms with Crippen LogP contribution in [0.25, 0.3) is 11.3 Å². The van der Waals surface area contributed by atoms with Crippen molar-refractivity contribution in [3.05, 3.63) is 67.9 Å². The van der Waals surface area contributed by atoms with Crippen molar-refractivity contribution < 1.29 is 9.53 Å². The summed E-state index contributed by atoms with van der Waals surface area (Å²) in [7, 11) is 1.48. The molecule has 10 heteroatoms. The number of halogens is 2. The minimum atomic E-state index is -0.583. The van der Waals surface area contributed by atoms with Gasteiger partial charge in [0.25, 0.3) is 5.56 Å². The van der Waals surface area contributed by atoms with Crippen molar-refractivity contribution in [2.75, 3.05) is 18.2 Å². The minimum Gasteiger partial charge on any atom is -0.495 e. The second-order valence-corrected chi connectivity index (χ2v) is 8.16. The van der Waals surface area contributed by atoms with E-state index >= 15 is 0 Å². The van der Waals surface area contributed by atoms with Crippen molar-refractivity contribution in [2.24, 2.45) is 0 Å². The number of aromatic amines is 1. The van der Waals surface area contributed by atoms with Gasteiger partial charge in [0.05, 0.1) is 24.2 Å². The lowest BCUT2D eigenvalue weighted by molar-refractivity contribution is -0.113. The van der Waals surface area contributed by atoms with Crippen molar-refractivity contribution in [3.8, 4) is 23.1 Å². The molecule has 2 N–H and O–H groups in total. The van der Waals surface area contributed by atoms with Crippen LogP contribution in [0.5, 0.6) is 5.75 Å². The van der Waals surface area contributed by atoms with Crippen LogP contribution in [-0.2, 0) is 4.79 Å². The number of aryl methyl sites for hydroxylation is 1. The highest BCUT2D eigenvalue weighted by Crippen LogP contribution is 2.31. The Morgan fingerprint density at radius 1 is 1.29 bits per heavy atom. The summed E-state index contributed by atoms with van der Waals surface area (Å²) in [5.74, 6) is 0.0775. The zero-order valence-corrected chi connectivity index (χ0v) is 18.8. The molecule has 0 aliphatic heterocycles. The smallest absolute Gasteiger partial charge is 0.270 e. The number of nitriles is 1. The van der Waals surface area contributed by atoms with Crippen molar-refractivity contribution >= 4 is 46.6 Å². The summed E-state index contributed by atoms with van der Waals surface area (Å²) >= 11 is 13.0. The second-order valence-electron chi connectivity index (χ2n) is 6.35. The van der Waals surface area contributed by atoms with Gasteiger partial charge in [-0.1, -0.05) is 47.1 Å². The number of H-pyrrole nitrogens is 1. The largest absolute Gasteiger partial charge is 0.495 e. The molecular formula is C21H16Cl2N4O3S. The van der Waals surface area contributed by atoms with Gasteiger partial charge in [-0.2, -0.15) is 5.26 Å². The van der Waals surface area contributed by atoms with Gasteiger partial charge in [-0.25, -0.2) is 4.98 Å². The van der Waals surface area contributed by atoms with Gasteiger partial charge in [0.2, 0.25) is 5.91 Å². The fourth-order valence-corrected chi connectivity index (χ4v) is 3.63. The van der Waals surface area contributed by atoms with E-state index in [-0.39, 0.29) is 28.1 Å². The fourth-order valence-electron chi connectivity index (χ4n) is 2.69. The molecule has 0 saturated heterocycles. The van der Waals surface area contributed by atoms with Gasteiger partial charge in [0.1, 0.15) is 17.4 Å². The highest BCUT2D eigenvalue weighted by atomic mass is 35.5. The van der Waals surface area contributed by atoms with E-state index in [0.717, 1.165) is 17.3 Å². The molecule has 0 atom stereocenters. The van der Waals surface area contributed by atoms with Gasteiger partial charge in [-0.05, 0) is 30.7 Å². The summed E-state index contributed by atoms with van der Waals surface area (Å²) in [6, 6.07) is 11.8. The van der Waals surface area contributed by atoms with Gasteiger partial charge in [-0.3, -0.25) is 9.59 Å². The molecule has 3 aromatic rings. The van der Waals surface area contributed by atoms with E-state index in [1.807, 2.05) is 13.0 Å². The first kappa shape index (κ1) is 22.7. The lowest BCUT2D eigenvalue weighted by Gasteiger charge is -2.12. The average Bonchev–Trinajstić information content (AvgIpc) is 2.74. The summed E-state index contributed by atoms with van der Waals surface area (Å²) in [5, 5.41) is 13.4. The van der Waals surface area contributed by atoms with Crippen molar-refractivity contribution in [2.45, 2.75) is 12.1 Å². The van der Waals surface area contributed by atoms with Crippen LogP contribution in [0.3, 0.4) is 0 Å². The molecule has 0 radical (unpaired) electrons. The first-order chi connectivity index (χ1) is 14.8. The number of hydrogen-bond donors (Lipinski definition) is 2. The molecule has 0 saturated carbocycles. The van der Waals surface area contributed by atoms with E-state index in [1.165, 1.54) is 7.11 Å². The number of thioether (sulfide) groups is 1. The van der Waals surface area contributed by atoms with Crippen LogP contribution in [0, 0.1) is 18.3 Å². The minimum absolute atomic E-state index is 0.0280. The van der Waals surface area contributed by atoms with Gasteiger partial charge in [0.15, 0.2) is 5.16 Å². The molecule has 0 bridgehead atoms.